The van der Waals surface area contributed by atoms with Gasteiger partial charge in [0.25, 0.3) is 0 Å². The van der Waals surface area contributed by atoms with E-state index in [0.29, 0.717) is 17.1 Å². The van der Waals surface area contributed by atoms with Crippen LogP contribution in [0.25, 0.3) is 11.3 Å². The number of carbonyl (C=O) groups excluding carboxylic acids is 2. The Labute approximate surface area is 153 Å². The summed E-state index contributed by atoms with van der Waals surface area (Å²) in [7, 11) is 0. The van der Waals surface area contributed by atoms with E-state index in [4.69, 9.17) is 18.6 Å². The second-order valence-electron chi connectivity index (χ2n) is 5.71. The Bertz CT molecular complexity index is 1020. The van der Waals surface area contributed by atoms with Crippen LogP contribution in [-0.2, 0) is 4.74 Å². The van der Waals surface area contributed by atoms with Crippen molar-refractivity contribution in [1.29, 1.82) is 0 Å². The number of ketones is 1. The van der Waals surface area contributed by atoms with Gasteiger partial charge in [-0.15, -0.1) is 0 Å². The number of benzene rings is 2. The molecular weight excluding hydrogens is 355 g/mol. The lowest BCUT2D eigenvalue weighted by molar-refractivity contribution is 0.0445. The maximum Gasteiger partial charge on any atom is 0.374 e. The monoisotopic (exact) mass is 368 g/mol. The summed E-state index contributed by atoms with van der Waals surface area (Å²) >= 11 is 0. The molecule has 27 heavy (non-hydrogen) atoms. The molecule has 6 nitrogen and oxygen atoms in total. The molecule has 0 saturated carbocycles. The van der Waals surface area contributed by atoms with Crippen LogP contribution >= 0.6 is 0 Å². The fourth-order valence-corrected chi connectivity index (χ4v) is 2.61. The molecular formula is C20H13FO6. The van der Waals surface area contributed by atoms with Gasteiger partial charge in [-0.05, 0) is 42.5 Å². The fraction of sp³-hybridized carbons (Fsp3) is 0.100. The Morgan fingerprint density at radius 1 is 1.00 bits per heavy atom. The summed E-state index contributed by atoms with van der Waals surface area (Å²) in [4.78, 5) is 24.3. The Hall–Kier alpha value is -3.61. The molecule has 0 radical (unpaired) electrons. The Kier molecular flexibility index (Phi) is 4.33. The minimum absolute atomic E-state index is 0.102. The van der Waals surface area contributed by atoms with Crippen molar-refractivity contribution in [3.63, 3.8) is 0 Å². The number of rotatable bonds is 5. The zero-order chi connectivity index (χ0) is 18.8. The molecule has 0 N–H and O–H groups in total. The summed E-state index contributed by atoms with van der Waals surface area (Å²) in [5, 5.41) is 0. The summed E-state index contributed by atoms with van der Waals surface area (Å²) in [6.07, 6.45) is 0. The summed E-state index contributed by atoms with van der Waals surface area (Å²) in [6.45, 7) is -0.362. The largest absolute Gasteiger partial charge is 0.454 e. The molecule has 1 aliphatic rings. The number of fused-ring (bicyclic) bond motifs is 1. The van der Waals surface area contributed by atoms with Crippen LogP contribution in [0.15, 0.2) is 59.0 Å². The molecule has 0 atom stereocenters. The lowest BCUT2D eigenvalue weighted by Crippen LogP contribution is -2.13. The minimum atomic E-state index is -0.813. The van der Waals surface area contributed by atoms with Crippen molar-refractivity contribution in [2.75, 3.05) is 13.4 Å². The maximum atomic E-state index is 13.8. The molecule has 3 aromatic rings. The fourth-order valence-electron chi connectivity index (χ4n) is 2.61. The van der Waals surface area contributed by atoms with Crippen molar-refractivity contribution in [3.05, 3.63) is 71.7 Å². The molecule has 136 valence electrons. The van der Waals surface area contributed by atoms with Gasteiger partial charge in [-0.25, -0.2) is 9.18 Å². The third-order valence-electron chi connectivity index (χ3n) is 3.98. The van der Waals surface area contributed by atoms with E-state index in [0.717, 1.165) is 0 Å². The number of hydrogen-bond donors (Lipinski definition) is 0. The number of furan rings is 1. The SMILES string of the molecule is O=C(COC(=O)c1ccc(-c2ccccc2F)o1)c1ccc2c(c1)OCO2. The predicted molar refractivity (Wildman–Crippen MR) is 91.3 cm³/mol. The van der Waals surface area contributed by atoms with E-state index in [1.807, 2.05) is 0 Å². The summed E-state index contributed by atoms with van der Waals surface area (Å²) in [6, 6.07) is 13.6. The van der Waals surface area contributed by atoms with E-state index < -0.39 is 24.2 Å². The first-order valence-electron chi connectivity index (χ1n) is 8.06. The summed E-state index contributed by atoms with van der Waals surface area (Å²) in [5.41, 5.74) is 0.562. The van der Waals surface area contributed by atoms with Crippen molar-refractivity contribution in [2.45, 2.75) is 0 Å². The quantitative estimate of drug-likeness (QED) is 0.503. The van der Waals surface area contributed by atoms with Gasteiger partial charge >= 0.3 is 5.97 Å². The summed E-state index contributed by atoms with van der Waals surface area (Å²) < 4.78 is 34.5. The average Bonchev–Trinajstić information content (AvgIpc) is 3.35. The Morgan fingerprint density at radius 2 is 1.81 bits per heavy atom. The first kappa shape index (κ1) is 16.8. The maximum absolute atomic E-state index is 13.8. The first-order valence-corrected chi connectivity index (χ1v) is 8.06. The molecule has 0 bridgehead atoms. The molecule has 1 aliphatic heterocycles. The van der Waals surface area contributed by atoms with E-state index in [-0.39, 0.29) is 23.9 Å². The highest BCUT2D eigenvalue weighted by molar-refractivity contribution is 5.99. The van der Waals surface area contributed by atoms with Crippen LogP contribution in [0.1, 0.15) is 20.9 Å². The van der Waals surface area contributed by atoms with Crippen LogP contribution in [0.4, 0.5) is 4.39 Å². The lowest BCUT2D eigenvalue weighted by atomic mass is 10.1. The number of esters is 1. The second-order valence-corrected chi connectivity index (χ2v) is 5.71. The van der Waals surface area contributed by atoms with Gasteiger partial charge < -0.3 is 18.6 Å². The van der Waals surface area contributed by atoms with Gasteiger partial charge in [0.1, 0.15) is 11.6 Å². The molecule has 0 amide bonds. The normalized spacial score (nSPS) is 12.0. The van der Waals surface area contributed by atoms with Gasteiger partial charge in [0, 0.05) is 5.56 Å². The van der Waals surface area contributed by atoms with Crippen molar-refractivity contribution in [2.24, 2.45) is 0 Å². The Morgan fingerprint density at radius 3 is 2.67 bits per heavy atom. The zero-order valence-electron chi connectivity index (χ0n) is 13.9. The molecule has 1 aromatic heterocycles. The van der Waals surface area contributed by atoms with Crippen molar-refractivity contribution in [3.8, 4) is 22.8 Å². The van der Waals surface area contributed by atoms with E-state index in [2.05, 4.69) is 0 Å². The number of halogens is 1. The standard InChI is InChI=1S/C20H13FO6/c21-14-4-2-1-3-13(14)16-7-8-18(27-16)20(23)24-10-15(22)12-5-6-17-19(9-12)26-11-25-17/h1-9H,10-11H2. The number of hydrogen-bond acceptors (Lipinski definition) is 6. The molecule has 0 aliphatic carbocycles. The molecule has 2 heterocycles. The van der Waals surface area contributed by atoms with Crippen molar-refractivity contribution in [1.82, 2.24) is 0 Å². The second kappa shape index (κ2) is 6.95. The number of carbonyl (C=O) groups is 2. The van der Waals surface area contributed by atoms with E-state index in [9.17, 15) is 14.0 Å². The number of Topliss-reactive ketones (excluding diaryl/α,β-unsaturated/α-hetero) is 1. The van der Waals surface area contributed by atoms with Crippen LogP contribution in [0, 0.1) is 5.82 Å². The molecule has 0 saturated heterocycles. The van der Waals surface area contributed by atoms with Gasteiger partial charge in [0.2, 0.25) is 12.6 Å². The van der Waals surface area contributed by atoms with Crippen LogP contribution in [0.3, 0.4) is 0 Å². The molecule has 4 rings (SSSR count). The smallest absolute Gasteiger partial charge is 0.374 e. The van der Waals surface area contributed by atoms with E-state index in [1.165, 1.54) is 30.3 Å². The Balaban J connectivity index is 1.41. The van der Waals surface area contributed by atoms with Gasteiger partial charge in [0.05, 0.1) is 5.56 Å². The number of ether oxygens (including phenoxy) is 3. The lowest BCUT2D eigenvalue weighted by Gasteiger charge is -2.04. The molecule has 0 fully saturated rings. The molecule has 0 unspecified atom stereocenters. The average molecular weight is 368 g/mol. The van der Waals surface area contributed by atoms with E-state index >= 15 is 0 Å². The van der Waals surface area contributed by atoms with Crippen LogP contribution in [-0.4, -0.2) is 25.2 Å². The first-order chi connectivity index (χ1) is 13.1. The predicted octanol–water partition coefficient (Wildman–Crippen LogP) is 3.85. The third-order valence-corrected chi connectivity index (χ3v) is 3.98. The van der Waals surface area contributed by atoms with Gasteiger partial charge in [0.15, 0.2) is 23.9 Å². The molecule has 0 spiro atoms. The van der Waals surface area contributed by atoms with Crippen molar-refractivity contribution >= 4 is 11.8 Å². The molecule has 2 aromatic carbocycles. The minimum Gasteiger partial charge on any atom is -0.454 e. The third kappa shape index (κ3) is 3.39. The highest BCUT2D eigenvalue weighted by atomic mass is 19.1. The van der Waals surface area contributed by atoms with Crippen LogP contribution in [0.2, 0.25) is 0 Å². The van der Waals surface area contributed by atoms with Gasteiger partial charge in [-0.3, -0.25) is 4.79 Å². The highest BCUT2D eigenvalue weighted by Crippen LogP contribution is 2.32. The summed E-state index contributed by atoms with van der Waals surface area (Å²) in [5.74, 6) is -0.583. The topological polar surface area (TPSA) is 75.0 Å². The van der Waals surface area contributed by atoms with Crippen LogP contribution < -0.4 is 9.47 Å². The zero-order valence-corrected chi connectivity index (χ0v) is 13.9. The van der Waals surface area contributed by atoms with Crippen molar-refractivity contribution < 1.29 is 32.6 Å². The van der Waals surface area contributed by atoms with Crippen LogP contribution in [0.5, 0.6) is 11.5 Å². The van der Waals surface area contributed by atoms with E-state index in [1.54, 1.807) is 24.3 Å². The highest BCUT2D eigenvalue weighted by Gasteiger charge is 2.19. The van der Waals surface area contributed by atoms with Gasteiger partial charge in [-0.2, -0.15) is 0 Å². The molecule has 7 heteroatoms. The van der Waals surface area contributed by atoms with Gasteiger partial charge in [-0.1, -0.05) is 12.1 Å².